The number of aliphatic hydroxyl groups excluding tert-OH is 1. The molecule has 82 valence electrons. The van der Waals surface area contributed by atoms with Crippen molar-refractivity contribution in [3.05, 3.63) is 71.0 Å². The molecule has 1 nitrogen and oxygen atoms in total. The Bertz CT molecular complexity index is 476. The molecule has 0 spiro atoms. The Morgan fingerprint density at radius 2 is 1.62 bits per heavy atom. The summed E-state index contributed by atoms with van der Waals surface area (Å²) in [6, 6.07) is 13.7. The highest BCUT2D eigenvalue weighted by Crippen LogP contribution is 2.24. The average Bonchev–Trinajstić information content (AvgIpc) is 2.30. The molecule has 0 heterocycles. The third-order valence-corrected chi connectivity index (χ3v) is 2.59. The van der Waals surface area contributed by atoms with Crippen molar-refractivity contribution in [3.8, 4) is 0 Å². The zero-order valence-electron chi connectivity index (χ0n) is 9.02. The predicted octanol–water partition coefficient (Wildman–Crippen LogP) is 3.22. The number of aryl methyl sites for hydroxylation is 1. The molecule has 0 radical (unpaired) electrons. The van der Waals surface area contributed by atoms with Crippen molar-refractivity contribution in [1.29, 1.82) is 0 Å². The number of hydrogen-bond donors (Lipinski definition) is 1. The van der Waals surface area contributed by atoms with Crippen LogP contribution < -0.4 is 0 Å². The summed E-state index contributed by atoms with van der Waals surface area (Å²) >= 11 is 0. The van der Waals surface area contributed by atoms with Gasteiger partial charge in [-0.15, -0.1) is 0 Å². The molecule has 2 aromatic carbocycles. The van der Waals surface area contributed by atoms with Crippen LogP contribution in [0.3, 0.4) is 0 Å². The Morgan fingerprint density at radius 1 is 1.00 bits per heavy atom. The standard InChI is InChI=1S/C14H13FO/c1-10-6-8-11(9-7-10)14(16)12-4-2-3-5-13(12)15/h2-9,14,16H,1H3/t14-/m1/s1. The second-order valence-corrected chi connectivity index (χ2v) is 3.83. The maximum Gasteiger partial charge on any atom is 0.129 e. The molecule has 0 aliphatic carbocycles. The molecule has 0 unspecified atom stereocenters. The first kappa shape index (κ1) is 10.8. The van der Waals surface area contributed by atoms with Gasteiger partial charge in [-0.25, -0.2) is 4.39 Å². The fraction of sp³-hybridized carbons (Fsp3) is 0.143. The molecule has 0 bridgehead atoms. The number of rotatable bonds is 2. The largest absolute Gasteiger partial charge is 0.384 e. The zero-order chi connectivity index (χ0) is 11.5. The van der Waals surface area contributed by atoms with Gasteiger partial charge in [0.1, 0.15) is 11.9 Å². The molecule has 0 fully saturated rings. The summed E-state index contributed by atoms with van der Waals surface area (Å²) in [4.78, 5) is 0. The Morgan fingerprint density at radius 3 is 2.25 bits per heavy atom. The van der Waals surface area contributed by atoms with E-state index in [0.29, 0.717) is 11.1 Å². The maximum atomic E-state index is 13.4. The Labute approximate surface area is 94.2 Å². The van der Waals surface area contributed by atoms with Crippen LogP contribution in [-0.4, -0.2) is 5.11 Å². The third-order valence-electron chi connectivity index (χ3n) is 2.59. The minimum absolute atomic E-state index is 0.311. The van der Waals surface area contributed by atoms with Gasteiger partial charge in [0.2, 0.25) is 0 Å². The molecule has 2 heteroatoms. The van der Waals surface area contributed by atoms with Gasteiger partial charge in [-0.2, -0.15) is 0 Å². The maximum absolute atomic E-state index is 13.4. The van der Waals surface area contributed by atoms with Gasteiger partial charge >= 0.3 is 0 Å². The van der Waals surface area contributed by atoms with Crippen LogP contribution in [0.5, 0.6) is 0 Å². The van der Waals surface area contributed by atoms with Gasteiger partial charge in [0.25, 0.3) is 0 Å². The van der Waals surface area contributed by atoms with Crippen molar-refractivity contribution in [2.24, 2.45) is 0 Å². The second kappa shape index (κ2) is 4.45. The van der Waals surface area contributed by atoms with Crippen LogP contribution in [0, 0.1) is 12.7 Å². The van der Waals surface area contributed by atoms with E-state index in [2.05, 4.69) is 0 Å². The van der Waals surface area contributed by atoms with Crippen LogP contribution in [0.25, 0.3) is 0 Å². The molecule has 0 saturated carbocycles. The quantitative estimate of drug-likeness (QED) is 0.817. The molecule has 0 aromatic heterocycles. The van der Waals surface area contributed by atoms with E-state index in [0.717, 1.165) is 5.56 Å². The summed E-state index contributed by atoms with van der Waals surface area (Å²) in [5.74, 6) is -0.379. The van der Waals surface area contributed by atoms with Gasteiger partial charge in [-0.3, -0.25) is 0 Å². The molecular weight excluding hydrogens is 203 g/mol. The van der Waals surface area contributed by atoms with E-state index in [1.54, 1.807) is 18.2 Å². The molecule has 0 saturated heterocycles. The van der Waals surface area contributed by atoms with Gasteiger partial charge in [0.05, 0.1) is 0 Å². The highest BCUT2D eigenvalue weighted by Gasteiger charge is 2.13. The van der Waals surface area contributed by atoms with E-state index >= 15 is 0 Å². The molecule has 16 heavy (non-hydrogen) atoms. The number of aliphatic hydroxyl groups is 1. The van der Waals surface area contributed by atoms with Gasteiger partial charge in [-0.05, 0) is 18.6 Å². The molecule has 0 amide bonds. The normalized spacial score (nSPS) is 12.4. The zero-order valence-corrected chi connectivity index (χ0v) is 9.02. The highest BCUT2D eigenvalue weighted by molar-refractivity contribution is 5.32. The summed E-state index contributed by atoms with van der Waals surface area (Å²) in [7, 11) is 0. The smallest absolute Gasteiger partial charge is 0.129 e. The molecule has 1 atom stereocenters. The first-order valence-electron chi connectivity index (χ1n) is 5.17. The van der Waals surface area contributed by atoms with Gasteiger partial charge in [0.15, 0.2) is 0 Å². The van der Waals surface area contributed by atoms with Crippen molar-refractivity contribution in [1.82, 2.24) is 0 Å². The van der Waals surface area contributed by atoms with Crippen LogP contribution >= 0.6 is 0 Å². The predicted molar refractivity (Wildman–Crippen MR) is 61.6 cm³/mol. The van der Waals surface area contributed by atoms with Crippen LogP contribution in [0.1, 0.15) is 22.8 Å². The van der Waals surface area contributed by atoms with E-state index in [1.165, 1.54) is 6.07 Å². The lowest BCUT2D eigenvalue weighted by molar-refractivity contribution is 0.215. The van der Waals surface area contributed by atoms with Gasteiger partial charge in [-0.1, -0.05) is 48.0 Å². The Balaban J connectivity index is 2.35. The SMILES string of the molecule is Cc1ccc([C@@H](O)c2ccccc2F)cc1. The van der Waals surface area contributed by atoms with Gasteiger partial charge < -0.3 is 5.11 Å². The molecule has 0 aliphatic rings. The fourth-order valence-electron chi connectivity index (χ4n) is 1.63. The lowest BCUT2D eigenvalue weighted by atomic mass is 10.0. The van der Waals surface area contributed by atoms with Crippen LogP contribution in [0.4, 0.5) is 4.39 Å². The topological polar surface area (TPSA) is 20.2 Å². The Hall–Kier alpha value is -1.67. The number of benzene rings is 2. The van der Waals surface area contributed by atoms with E-state index in [1.807, 2.05) is 31.2 Å². The molecule has 2 aromatic rings. The summed E-state index contributed by atoms with van der Waals surface area (Å²) < 4.78 is 13.4. The summed E-state index contributed by atoms with van der Waals surface area (Å²) in [6.45, 7) is 1.97. The van der Waals surface area contributed by atoms with Crippen molar-refractivity contribution < 1.29 is 9.50 Å². The first-order chi connectivity index (χ1) is 7.68. The van der Waals surface area contributed by atoms with E-state index in [4.69, 9.17) is 0 Å². The first-order valence-corrected chi connectivity index (χ1v) is 5.17. The van der Waals surface area contributed by atoms with E-state index in [9.17, 15) is 9.50 Å². The second-order valence-electron chi connectivity index (χ2n) is 3.83. The fourth-order valence-corrected chi connectivity index (χ4v) is 1.63. The molecular formula is C14H13FO. The minimum atomic E-state index is -0.901. The van der Waals surface area contributed by atoms with Crippen molar-refractivity contribution in [2.75, 3.05) is 0 Å². The summed E-state index contributed by atoms with van der Waals surface area (Å²) in [6.07, 6.45) is -0.901. The Kier molecular flexibility index (Phi) is 3.02. The summed E-state index contributed by atoms with van der Waals surface area (Å²) in [5.41, 5.74) is 2.13. The molecule has 1 N–H and O–H groups in total. The minimum Gasteiger partial charge on any atom is -0.384 e. The monoisotopic (exact) mass is 216 g/mol. The summed E-state index contributed by atoms with van der Waals surface area (Å²) in [5, 5.41) is 10.0. The average molecular weight is 216 g/mol. The third kappa shape index (κ3) is 2.12. The van der Waals surface area contributed by atoms with Crippen LogP contribution in [-0.2, 0) is 0 Å². The lowest BCUT2D eigenvalue weighted by Crippen LogP contribution is -2.02. The van der Waals surface area contributed by atoms with Crippen molar-refractivity contribution >= 4 is 0 Å². The lowest BCUT2D eigenvalue weighted by Gasteiger charge is -2.12. The van der Waals surface area contributed by atoms with Crippen molar-refractivity contribution in [2.45, 2.75) is 13.0 Å². The van der Waals surface area contributed by atoms with E-state index in [-0.39, 0.29) is 5.82 Å². The van der Waals surface area contributed by atoms with Crippen molar-refractivity contribution in [3.63, 3.8) is 0 Å². The molecule has 0 aliphatic heterocycles. The van der Waals surface area contributed by atoms with Gasteiger partial charge in [0, 0.05) is 5.56 Å². The molecule has 2 rings (SSSR count). The van der Waals surface area contributed by atoms with Crippen LogP contribution in [0.2, 0.25) is 0 Å². The highest BCUT2D eigenvalue weighted by atomic mass is 19.1. The van der Waals surface area contributed by atoms with Crippen LogP contribution in [0.15, 0.2) is 48.5 Å². The number of halogens is 1. The number of hydrogen-bond acceptors (Lipinski definition) is 1. The van der Waals surface area contributed by atoms with E-state index < -0.39 is 6.10 Å².